The summed E-state index contributed by atoms with van der Waals surface area (Å²) in [5.74, 6) is 1.11. The number of hydrogen-bond acceptors (Lipinski definition) is 2. The lowest BCUT2D eigenvalue weighted by molar-refractivity contribution is 0.111. The van der Waals surface area contributed by atoms with Crippen molar-refractivity contribution in [2.75, 3.05) is 26.2 Å². The number of rotatable bonds is 2. The van der Waals surface area contributed by atoms with E-state index in [1.807, 2.05) is 0 Å². The van der Waals surface area contributed by atoms with E-state index in [0.29, 0.717) is 6.61 Å². The Morgan fingerprint density at radius 3 is 1.77 bits per heavy atom. The molecule has 2 bridgehead atoms. The Morgan fingerprint density at radius 1 is 1.15 bits per heavy atom. The molecule has 2 heteroatoms. The number of hydrogen-bond donors (Lipinski definition) is 1. The highest BCUT2D eigenvalue weighted by atomic mass is 16.2. The quantitative estimate of drug-likeness (QED) is 0.710. The molecule has 0 radical (unpaired) electrons. The Labute approximate surface area is 81.9 Å². The molecule has 13 heavy (non-hydrogen) atoms. The fourth-order valence-corrected chi connectivity index (χ4v) is 2.02. The average Bonchev–Trinajstić information content (AvgIpc) is 2.23. The molecule has 0 aliphatic carbocycles. The summed E-state index contributed by atoms with van der Waals surface area (Å²) in [6.07, 6.45) is 6.50. The van der Waals surface area contributed by atoms with Gasteiger partial charge in [0.25, 0.3) is 0 Å². The van der Waals surface area contributed by atoms with Gasteiger partial charge in [-0.15, -0.1) is 0 Å². The molecule has 2 nitrogen and oxygen atoms in total. The van der Waals surface area contributed by atoms with E-state index in [0.717, 1.165) is 18.8 Å². The lowest BCUT2D eigenvalue weighted by Crippen LogP contribution is -2.41. The normalized spacial score (nSPS) is 30.9. The molecule has 0 aromatic carbocycles. The monoisotopic (exact) mass is 185 g/mol. The molecule has 0 saturated carbocycles. The zero-order valence-electron chi connectivity index (χ0n) is 8.84. The van der Waals surface area contributed by atoms with Crippen molar-refractivity contribution in [1.29, 1.82) is 0 Å². The van der Waals surface area contributed by atoms with Gasteiger partial charge in [0.1, 0.15) is 0 Å². The zero-order chi connectivity index (χ0) is 9.52. The van der Waals surface area contributed by atoms with Gasteiger partial charge in [-0.2, -0.15) is 0 Å². The second-order valence-electron chi connectivity index (χ2n) is 4.15. The lowest BCUT2D eigenvalue weighted by Gasteiger charge is -2.38. The van der Waals surface area contributed by atoms with Gasteiger partial charge in [-0.25, -0.2) is 0 Å². The van der Waals surface area contributed by atoms with Crippen molar-refractivity contribution in [2.24, 2.45) is 5.92 Å². The Hall–Kier alpha value is -0.0800. The fourth-order valence-electron chi connectivity index (χ4n) is 2.02. The number of fused-ring (bicyclic) bond motifs is 3. The molecule has 3 aliphatic heterocycles. The molecule has 3 saturated heterocycles. The molecule has 3 rings (SSSR count). The summed E-state index contributed by atoms with van der Waals surface area (Å²) in [4.78, 5) is 2.58. The van der Waals surface area contributed by atoms with Gasteiger partial charge >= 0.3 is 0 Å². The van der Waals surface area contributed by atoms with Crippen LogP contribution in [-0.4, -0.2) is 36.2 Å². The maximum Gasteiger partial charge on any atom is 0.0430 e. The van der Waals surface area contributed by atoms with Gasteiger partial charge < -0.3 is 10.0 Å². The molecule has 3 fully saturated rings. The molecule has 0 spiro atoms. The smallest absolute Gasteiger partial charge is 0.0430 e. The lowest BCUT2D eigenvalue weighted by atomic mass is 9.89. The van der Waals surface area contributed by atoms with E-state index in [4.69, 9.17) is 5.11 Å². The van der Waals surface area contributed by atoms with Crippen molar-refractivity contribution in [1.82, 2.24) is 4.90 Å². The number of unbranched alkanes of at least 4 members (excludes halogenated alkanes) is 1. The van der Waals surface area contributed by atoms with Crippen LogP contribution < -0.4 is 0 Å². The van der Waals surface area contributed by atoms with Crippen molar-refractivity contribution in [2.45, 2.75) is 39.0 Å². The fraction of sp³-hybridized carbons (Fsp3) is 1.00. The maximum absolute atomic E-state index is 8.07. The second kappa shape index (κ2) is 6.39. The summed E-state index contributed by atoms with van der Waals surface area (Å²) in [6, 6.07) is 0. The minimum absolute atomic E-state index is 0.344. The first-order chi connectivity index (χ1) is 6.36. The highest BCUT2D eigenvalue weighted by Gasteiger charge is 2.24. The Morgan fingerprint density at radius 2 is 1.69 bits per heavy atom. The summed E-state index contributed by atoms with van der Waals surface area (Å²) in [5.41, 5.74) is 0. The molecular weight excluding hydrogens is 162 g/mol. The van der Waals surface area contributed by atoms with E-state index in [2.05, 4.69) is 11.8 Å². The molecule has 0 aromatic heterocycles. The van der Waals surface area contributed by atoms with Gasteiger partial charge in [-0.05, 0) is 51.2 Å². The molecule has 3 heterocycles. The number of nitrogens with zero attached hydrogens (tertiary/aromatic N) is 1. The molecular formula is C11H23NO. The number of aliphatic hydroxyl groups is 1. The first-order valence-electron chi connectivity index (χ1n) is 5.70. The molecule has 78 valence electrons. The van der Waals surface area contributed by atoms with Gasteiger partial charge in [-0.1, -0.05) is 13.3 Å². The Bertz CT molecular complexity index is 94.2. The third kappa shape index (κ3) is 4.10. The van der Waals surface area contributed by atoms with Crippen LogP contribution in [0.25, 0.3) is 0 Å². The summed E-state index contributed by atoms with van der Waals surface area (Å²) >= 11 is 0. The summed E-state index contributed by atoms with van der Waals surface area (Å²) < 4.78 is 0. The van der Waals surface area contributed by atoms with E-state index in [9.17, 15) is 0 Å². The van der Waals surface area contributed by atoms with Crippen LogP contribution in [0.4, 0.5) is 0 Å². The van der Waals surface area contributed by atoms with E-state index in [-0.39, 0.29) is 0 Å². The highest BCUT2D eigenvalue weighted by Crippen LogP contribution is 2.26. The van der Waals surface area contributed by atoms with Gasteiger partial charge in [-0.3, -0.25) is 0 Å². The van der Waals surface area contributed by atoms with Crippen LogP contribution in [0.3, 0.4) is 0 Å². The Balaban J connectivity index is 0.000000149. The third-order valence-electron chi connectivity index (χ3n) is 3.07. The van der Waals surface area contributed by atoms with Crippen molar-refractivity contribution < 1.29 is 5.11 Å². The van der Waals surface area contributed by atoms with Crippen molar-refractivity contribution in [3.05, 3.63) is 0 Å². The highest BCUT2D eigenvalue weighted by molar-refractivity contribution is 4.78. The van der Waals surface area contributed by atoms with E-state index >= 15 is 0 Å². The van der Waals surface area contributed by atoms with E-state index in [1.54, 1.807) is 0 Å². The van der Waals surface area contributed by atoms with Crippen molar-refractivity contribution in [3.8, 4) is 0 Å². The maximum atomic E-state index is 8.07. The molecule has 0 atom stereocenters. The Kier molecular flexibility index (Phi) is 5.40. The minimum atomic E-state index is 0.344. The van der Waals surface area contributed by atoms with Crippen molar-refractivity contribution in [3.63, 3.8) is 0 Å². The number of piperidine rings is 3. The van der Waals surface area contributed by atoms with Gasteiger partial charge in [0.15, 0.2) is 0 Å². The third-order valence-corrected chi connectivity index (χ3v) is 3.07. The second-order valence-corrected chi connectivity index (χ2v) is 4.15. The SMILES string of the molecule is C1CN2CCC1CC2.CCCCO. The van der Waals surface area contributed by atoms with Gasteiger partial charge in [0, 0.05) is 6.61 Å². The largest absolute Gasteiger partial charge is 0.396 e. The van der Waals surface area contributed by atoms with Crippen LogP contribution in [0, 0.1) is 5.92 Å². The topological polar surface area (TPSA) is 23.5 Å². The van der Waals surface area contributed by atoms with Crippen LogP contribution in [0.15, 0.2) is 0 Å². The van der Waals surface area contributed by atoms with Crippen LogP contribution in [0.1, 0.15) is 39.0 Å². The van der Waals surface area contributed by atoms with Gasteiger partial charge in [0.2, 0.25) is 0 Å². The summed E-state index contributed by atoms with van der Waals surface area (Å²) in [7, 11) is 0. The minimum Gasteiger partial charge on any atom is -0.396 e. The zero-order valence-corrected chi connectivity index (χ0v) is 8.84. The van der Waals surface area contributed by atoms with E-state index < -0.39 is 0 Å². The van der Waals surface area contributed by atoms with Crippen LogP contribution in [0.5, 0.6) is 0 Å². The molecule has 1 N–H and O–H groups in total. The first kappa shape index (κ1) is 11.0. The predicted molar refractivity (Wildman–Crippen MR) is 55.8 cm³/mol. The molecule has 0 aromatic rings. The molecule has 3 aliphatic rings. The van der Waals surface area contributed by atoms with E-state index in [1.165, 1.54) is 38.9 Å². The average molecular weight is 185 g/mol. The molecule has 0 amide bonds. The number of aliphatic hydroxyl groups excluding tert-OH is 1. The molecule has 0 unspecified atom stereocenters. The summed E-state index contributed by atoms with van der Waals surface area (Å²) in [6.45, 7) is 6.58. The van der Waals surface area contributed by atoms with Crippen LogP contribution in [-0.2, 0) is 0 Å². The van der Waals surface area contributed by atoms with Gasteiger partial charge in [0.05, 0.1) is 0 Å². The van der Waals surface area contributed by atoms with Crippen molar-refractivity contribution >= 4 is 0 Å². The predicted octanol–water partition coefficient (Wildman–Crippen LogP) is 1.88. The summed E-state index contributed by atoms with van der Waals surface area (Å²) in [5, 5.41) is 8.07. The van der Waals surface area contributed by atoms with Crippen LogP contribution >= 0.6 is 0 Å². The standard InChI is InChI=1S/C7H13N.C4H10O/c1-4-8-5-2-7(1)3-6-8;1-2-3-4-5/h7H,1-6H2;5H,2-4H2,1H3. The van der Waals surface area contributed by atoms with Crippen LogP contribution in [0.2, 0.25) is 0 Å². The first-order valence-corrected chi connectivity index (χ1v) is 5.70.